The minimum Gasteiger partial charge on any atom is -0.345 e. The second-order valence-corrected chi connectivity index (χ2v) is 5.47. The normalized spacial score (nSPS) is 14.8. The molecule has 0 aliphatic heterocycles. The Hall–Kier alpha value is -2.84. The van der Waals surface area contributed by atoms with Gasteiger partial charge in [0.05, 0.1) is 17.5 Å². The fourth-order valence-corrected chi connectivity index (χ4v) is 2.78. The van der Waals surface area contributed by atoms with E-state index < -0.39 is 10.8 Å². The molecular formula is C14H16N6O3. The maximum Gasteiger partial charge on any atom is 0.270 e. The molecule has 120 valence electrons. The van der Waals surface area contributed by atoms with Crippen LogP contribution in [0.4, 0.5) is 5.69 Å². The van der Waals surface area contributed by atoms with Gasteiger partial charge in [-0.2, -0.15) is 0 Å². The first-order chi connectivity index (χ1) is 11.1. The maximum absolute atomic E-state index is 12.1. The Balaban J connectivity index is 1.66. The van der Waals surface area contributed by atoms with Gasteiger partial charge in [0.2, 0.25) is 0 Å². The predicted molar refractivity (Wildman–Crippen MR) is 79.6 cm³/mol. The number of non-ortho nitro benzene ring substituents is 1. The number of aromatic nitrogens is 4. The van der Waals surface area contributed by atoms with E-state index in [2.05, 4.69) is 20.8 Å². The van der Waals surface area contributed by atoms with Crippen molar-refractivity contribution < 1.29 is 9.72 Å². The third-order valence-electron chi connectivity index (χ3n) is 3.96. The number of carbonyl (C=O) groups excluding carboxylic acids is 1. The average molecular weight is 316 g/mol. The summed E-state index contributed by atoms with van der Waals surface area (Å²) in [5.41, 5.74) is 0.118. The van der Waals surface area contributed by atoms with Crippen molar-refractivity contribution in [3.05, 3.63) is 45.8 Å². The average Bonchev–Trinajstić information content (AvgIpc) is 3.23. The van der Waals surface area contributed by atoms with Crippen LogP contribution in [0.2, 0.25) is 0 Å². The number of tetrazole rings is 1. The van der Waals surface area contributed by atoms with E-state index in [0.29, 0.717) is 5.82 Å². The zero-order chi connectivity index (χ0) is 16.2. The van der Waals surface area contributed by atoms with E-state index in [0.717, 1.165) is 25.7 Å². The summed E-state index contributed by atoms with van der Waals surface area (Å²) in [4.78, 5) is 22.4. The Morgan fingerprint density at radius 1 is 1.39 bits per heavy atom. The summed E-state index contributed by atoms with van der Waals surface area (Å²) >= 11 is 0. The van der Waals surface area contributed by atoms with Gasteiger partial charge in [-0.25, -0.2) is 4.68 Å². The van der Waals surface area contributed by atoms with E-state index in [1.165, 1.54) is 24.3 Å². The van der Waals surface area contributed by atoms with Crippen LogP contribution in [0.3, 0.4) is 0 Å². The van der Waals surface area contributed by atoms with Gasteiger partial charge >= 0.3 is 0 Å². The van der Waals surface area contributed by atoms with Crippen molar-refractivity contribution in [3.63, 3.8) is 0 Å². The van der Waals surface area contributed by atoms with Crippen LogP contribution in [0.25, 0.3) is 0 Å². The summed E-state index contributed by atoms with van der Waals surface area (Å²) < 4.78 is 1.76. The first-order valence-electron chi connectivity index (χ1n) is 7.44. The topological polar surface area (TPSA) is 116 Å². The Kier molecular flexibility index (Phi) is 4.26. The van der Waals surface area contributed by atoms with Crippen LogP contribution in [0.5, 0.6) is 0 Å². The SMILES string of the molecule is O=C(NCc1nnnn1C1CCCC1)c1cccc([N+](=O)[O-])c1. The molecule has 1 aromatic carbocycles. The fourth-order valence-electron chi connectivity index (χ4n) is 2.78. The number of rotatable bonds is 5. The van der Waals surface area contributed by atoms with E-state index in [1.54, 1.807) is 4.68 Å². The second-order valence-electron chi connectivity index (χ2n) is 5.47. The number of nitrogens with zero attached hydrogens (tertiary/aromatic N) is 5. The molecule has 9 heteroatoms. The molecule has 23 heavy (non-hydrogen) atoms. The van der Waals surface area contributed by atoms with Gasteiger partial charge in [-0.3, -0.25) is 14.9 Å². The number of amides is 1. The van der Waals surface area contributed by atoms with Crippen LogP contribution >= 0.6 is 0 Å². The highest BCUT2D eigenvalue weighted by Crippen LogP contribution is 2.29. The number of nitro benzene ring substituents is 1. The zero-order valence-corrected chi connectivity index (χ0v) is 12.4. The number of carbonyl (C=O) groups is 1. The molecule has 0 atom stereocenters. The van der Waals surface area contributed by atoms with Crippen LogP contribution in [-0.4, -0.2) is 31.0 Å². The maximum atomic E-state index is 12.1. The van der Waals surface area contributed by atoms with Crippen molar-refractivity contribution in [2.24, 2.45) is 0 Å². The van der Waals surface area contributed by atoms with E-state index >= 15 is 0 Å². The Morgan fingerprint density at radius 2 is 2.17 bits per heavy atom. The van der Waals surface area contributed by atoms with Gasteiger partial charge in [0.15, 0.2) is 5.82 Å². The van der Waals surface area contributed by atoms with Gasteiger partial charge in [-0.05, 0) is 29.3 Å². The van der Waals surface area contributed by atoms with Crippen molar-refractivity contribution in [1.82, 2.24) is 25.5 Å². The van der Waals surface area contributed by atoms with E-state index in [4.69, 9.17) is 0 Å². The molecule has 0 saturated heterocycles. The third kappa shape index (κ3) is 3.33. The molecule has 1 amide bonds. The van der Waals surface area contributed by atoms with Crippen molar-refractivity contribution in [1.29, 1.82) is 0 Å². The van der Waals surface area contributed by atoms with Crippen LogP contribution in [-0.2, 0) is 6.54 Å². The molecule has 1 N–H and O–H groups in total. The minimum absolute atomic E-state index is 0.117. The highest BCUT2D eigenvalue weighted by atomic mass is 16.6. The summed E-state index contributed by atoms with van der Waals surface area (Å²) in [6.45, 7) is 0.186. The Morgan fingerprint density at radius 3 is 2.91 bits per heavy atom. The van der Waals surface area contributed by atoms with Crippen molar-refractivity contribution in [2.75, 3.05) is 0 Å². The van der Waals surface area contributed by atoms with Crippen LogP contribution < -0.4 is 5.32 Å². The lowest BCUT2D eigenvalue weighted by Crippen LogP contribution is -2.25. The molecule has 0 radical (unpaired) electrons. The molecule has 9 nitrogen and oxygen atoms in total. The van der Waals surface area contributed by atoms with E-state index in [-0.39, 0.29) is 23.8 Å². The fraction of sp³-hybridized carbons (Fsp3) is 0.429. The number of hydrogen-bond acceptors (Lipinski definition) is 6. The minimum atomic E-state index is -0.530. The molecular weight excluding hydrogens is 300 g/mol. The van der Waals surface area contributed by atoms with Crippen molar-refractivity contribution in [3.8, 4) is 0 Å². The lowest BCUT2D eigenvalue weighted by Gasteiger charge is -2.11. The van der Waals surface area contributed by atoms with Crippen LogP contribution in [0, 0.1) is 10.1 Å². The number of hydrogen-bond donors (Lipinski definition) is 1. The molecule has 0 unspecified atom stereocenters. The monoisotopic (exact) mass is 316 g/mol. The van der Waals surface area contributed by atoms with Crippen LogP contribution in [0.15, 0.2) is 24.3 Å². The molecule has 0 bridgehead atoms. The zero-order valence-electron chi connectivity index (χ0n) is 12.4. The number of nitrogens with one attached hydrogen (secondary N) is 1. The lowest BCUT2D eigenvalue weighted by molar-refractivity contribution is -0.384. The molecule has 1 saturated carbocycles. The Labute approximate surface area is 131 Å². The quantitative estimate of drug-likeness (QED) is 0.662. The molecule has 3 rings (SSSR count). The van der Waals surface area contributed by atoms with Gasteiger partial charge in [0, 0.05) is 17.7 Å². The summed E-state index contributed by atoms with van der Waals surface area (Å²) in [7, 11) is 0. The molecule has 1 aliphatic rings. The second kappa shape index (κ2) is 6.51. The number of benzene rings is 1. The molecule has 1 aliphatic carbocycles. The highest BCUT2D eigenvalue weighted by molar-refractivity contribution is 5.94. The lowest BCUT2D eigenvalue weighted by atomic mass is 10.2. The van der Waals surface area contributed by atoms with Crippen molar-refractivity contribution in [2.45, 2.75) is 38.3 Å². The van der Waals surface area contributed by atoms with Gasteiger partial charge in [-0.1, -0.05) is 18.9 Å². The molecule has 1 aromatic heterocycles. The van der Waals surface area contributed by atoms with Gasteiger partial charge in [0.25, 0.3) is 11.6 Å². The Bertz CT molecular complexity index is 723. The smallest absolute Gasteiger partial charge is 0.270 e. The number of nitro groups is 1. The molecule has 2 aromatic rings. The standard InChI is InChI=1S/C14H16N6O3/c21-14(10-4-3-7-12(8-10)20(22)23)15-9-13-16-17-18-19(13)11-5-1-2-6-11/h3-4,7-8,11H,1-2,5-6,9H2,(H,15,21). The van der Waals surface area contributed by atoms with Gasteiger partial charge in [-0.15, -0.1) is 5.10 Å². The van der Waals surface area contributed by atoms with Gasteiger partial charge in [0.1, 0.15) is 0 Å². The first kappa shape index (κ1) is 15.1. The van der Waals surface area contributed by atoms with Crippen LogP contribution in [0.1, 0.15) is 47.9 Å². The summed E-state index contributed by atoms with van der Waals surface area (Å²) in [6, 6.07) is 5.89. The van der Waals surface area contributed by atoms with Gasteiger partial charge < -0.3 is 5.32 Å². The highest BCUT2D eigenvalue weighted by Gasteiger charge is 2.21. The first-order valence-corrected chi connectivity index (χ1v) is 7.44. The van der Waals surface area contributed by atoms with E-state index in [1.807, 2.05) is 0 Å². The molecule has 1 heterocycles. The largest absolute Gasteiger partial charge is 0.345 e. The molecule has 1 fully saturated rings. The summed E-state index contributed by atoms with van der Waals surface area (Å²) in [6.07, 6.45) is 4.39. The summed E-state index contributed by atoms with van der Waals surface area (Å²) in [5, 5.41) is 25.1. The third-order valence-corrected chi connectivity index (χ3v) is 3.96. The molecule has 0 spiro atoms. The van der Waals surface area contributed by atoms with E-state index in [9.17, 15) is 14.9 Å². The van der Waals surface area contributed by atoms with Crippen molar-refractivity contribution >= 4 is 11.6 Å². The summed E-state index contributed by atoms with van der Waals surface area (Å²) in [5.74, 6) is 0.199. The predicted octanol–water partition coefficient (Wildman–Crippen LogP) is 1.63.